The number of anilines is 1. The Morgan fingerprint density at radius 1 is 0.846 bits per heavy atom. The summed E-state index contributed by atoms with van der Waals surface area (Å²) >= 11 is 0. The number of ether oxygens (including phenoxy) is 1. The molecule has 0 aliphatic rings. The van der Waals surface area contributed by atoms with Crippen molar-refractivity contribution in [2.75, 3.05) is 11.9 Å². The molecule has 0 radical (unpaired) electrons. The van der Waals surface area contributed by atoms with Crippen molar-refractivity contribution in [2.45, 2.75) is 19.3 Å². The van der Waals surface area contributed by atoms with Gasteiger partial charge in [-0.2, -0.15) is 0 Å². The lowest BCUT2D eigenvalue weighted by atomic mass is 9.75. The van der Waals surface area contributed by atoms with Crippen LogP contribution in [-0.4, -0.2) is 12.5 Å². The van der Waals surface area contributed by atoms with Crippen LogP contribution in [-0.2, 0) is 10.2 Å². The summed E-state index contributed by atoms with van der Waals surface area (Å²) in [6, 6.07) is 27.2. The minimum atomic E-state index is -0.791. The van der Waals surface area contributed by atoms with Crippen molar-refractivity contribution >= 4 is 11.6 Å². The molecule has 0 aliphatic carbocycles. The van der Waals surface area contributed by atoms with Gasteiger partial charge in [-0.1, -0.05) is 60.7 Å². The van der Waals surface area contributed by atoms with Crippen LogP contribution in [0.4, 0.5) is 5.69 Å². The lowest BCUT2D eigenvalue weighted by Crippen LogP contribution is -2.38. The van der Waals surface area contributed by atoms with E-state index in [0.29, 0.717) is 6.61 Å². The van der Waals surface area contributed by atoms with Crippen LogP contribution in [0.5, 0.6) is 5.75 Å². The van der Waals surface area contributed by atoms with E-state index in [9.17, 15) is 4.79 Å². The molecule has 0 aliphatic heterocycles. The zero-order valence-corrected chi connectivity index (χ0v) is 15.1. The molecule has 26 heavy (non-hydrogen) atoms. The number of carbonyl (C=O) groups excluding carboxylic acids is 1. The average Bonchev–Trinajstić information content (AvgIpc) is 2.70. The smallest absolute Gasteiger partial charge is 0.239 e. The summed E-state index contributed by atoms with van der Waals surface area (Å²) in [6.07, 6.45) is 0. The Kier molecular flexibility index (Phi) is 5.37. The Balaban J connectivity index is 1.93. The van der Waals surface area contributed by atoms with Gasteiger partial charge in [-0.15, -0.1) is 0 Å². The first-order chi connectivity index (χ1) is 12.6. The Morgan fingerprint density at radius 3 is 1.81 bits per heavy atom. The lowest BCUT2D eigenvalue weighted by molar-refractivity contribution is -0.119. The van der Waals surface area contributed by atoms with E-state index < -0.39 is 5.41 Å². The third kappa shape index (κ3) is 3.62. The van der Waals surface area contributed by atoms with E-state index in [4.69, 9.17) is 4.74 Å². The molecule has 0 unspecified atom stereocenters. The summed E-state index contributed by atoms with van der Waals surface area (Å²) in [7, 11) is 0. The number of amides is 1. The molecule has 0 bridgehead atoms. The van der Waals surface area contributed by atoms with E-state index in [0.717, 1.165) is 22.6 Å². The monoisotopic (exact) mass is 345 g/mol. The molecule has 1 amide bonds. The third-order valence-corrected chi connectivity index (χ3v) is 4.58. The molecule has 1 N–H and O–H groups in total. The summed E-state index contributed by atoms with van der Waals surface area (Å²) in [4.78, 5) is 13.3. The van der Waals surface area contributed by atoms with E-state index in [1.165, 1.54) is 0 Å². The minimum absolute atomic E-state index is 0.0703. The highest BCUT2D eigenvalue weighted by molar-refractivity contribution is 6.01. The highest BCUT2D eigenvalue weighted by atomic mass is 16.5. The van der Waals surface area contributed by atoms with Crippen molar-refractivity contribution in [1.29, 1.82) is 0 Å². The van der Waals surface area contributed by atoms with E-state index >= 15 is 0 Å². The maximum absolute atomic E-state index is 13.3. The quantitative estimate of drug-likeness (QED) is 0.680. The Labute approximate surface area is 154 Å². The minimum Gasteiger partial charge on any atom is -0.494 e. The molecule has 3 rings (SSSR count). The summed E-state index contributed by atoms with van der Waals surface area (Å²) in [5.74, 6) is 0.721. The maximum atomic E-state index is 13.3. The fourth-order valence-corrected chi connectivity index (χ4v) is 3.03. The fourth-order valence-electron chi connectivity index (χ4n) is 3.03. The molecule has 0 atom stereocenters. The van der Waals surface area contributed by atoms with Crippen molar-refractivity contribution in [3.63, 3.8) is 0 Å². The average molecular weight is 345 g/mol. The normalized spacial score (nSPS) is 11.0. The van der Waals surface area contributed by atoms with Crippen LogP contribution in [0.1, 0.15) is 25.0 Å². The molecular weight excluding hydrogens is 322 g/mol. The Bertz CT molecular complexity index is 803. The zero-order valence-electron chi connectivity index (χ0n) is 15.1. The Hall–Kier alpha value is -3.07. The van der Waals surface area contributed by atoms with Gasteiger partial charge in [0, 0.05) is 5.69 Å². The van der Waals surface area contributed by atoms with Crippen LogP contribution in [0.15, 0.2) is 84.9 Å². The molecule has 3 nitrogen and oxygen atoms in total. The Morgan fingerprint density at radius 2 is 1.35 bits per heavy atom. The van der Waals surface area contributed by atoms with E-state index in [1.54, 1.807) is 0 Å². The van der Waals surface area contributed by atoms with Crippen LogP contribution in [0.25, 0.3) is 0 Å². The molecule has 3 aromatic rings. The van der Waals surface area contributed by atoms with Gasteiger partial charge in [0.05, 0.1) is 12.0 Å². The summed E-state index contributed by atoms with van der Waals surface area (Å²) in [5.41, 5.74) is 1.86. The summed E-state index contributed by atoms with van der Waals surface area (Å²) in [5, 5.41) is 3.05. The molecule has 132 valence electrons. The number of carbonyl (C=O) groups is 1. The zero-order chi connectivity index (χ0) is 18.4. The molecule has 0 heterocycles. The van der Waals surface area contributed by atoms with Gasteiger partial charge in [-0.25, -0.2) is 0 Å². The first kappa shape index (κ1) is 17.7. The molecular formula is C23H23NO2. The second-order valence-corrected chi connectivity index (χ2v) is 6.27. The SMILES string of the molecule is CCOc1ccc(NC(=O)C(C)(c2ccccc2)c2ccccc2)cc1. The van der Waals surface area contributed by atoms with E-state index in [1.807, 2.05) is 98.8 Å². The van der Waals surface area contributed by atoms with Crippen molar-refractivity contribution in [3.8, 4) is 5.75 Å². The van der Waals surface area contributed by atoms with E-state index in [2.05, 4.69) is 5.32 Å². The van der Waals surface area contributed by atoms with Crippen molar-refractivity contribution in [1.82, 2.24) is 0 Å². The van der Waals surface area contributed by atoms with Crippen molar-refractivity contribution in [2.24, 2.45) is 0 Å². The number of rotatable bonds is 6. The predicted molar refractivity (Wildman–Crippen MR) is 106 cm³/mol. The first-order valence-electron chi connectivity index (χ1n) is 8.80. The van der Waals surface area contributed by atoms with Crippen LogP contribution < -0.4 is 10.1 Å². The van der Waals surface area contributed by atoms with Gasteiger partial charge < -0.3 is 10.1 Å². The van der Waals surface area contributed by atoms with Crippen molar-refractivity contribution in [3.05, 3.63) is 96.1 Å². The van der Waals surface area contributed by atoms with Crippen LogP contribution in [0, 0.1) is 0 Å². The van der Waals surface area contributed by atoms with Crippen LogP contribution in [0.2, 0.25) is 0 Å². The first-order valence-corrected chi connectivity index (χ1v) is 8.80. The van der Waals surface area contributed by atoms with Gasteiger partial charge in [-0.3, -0.25) is 4.79 Å². The van der Waals surface area contributed by atoms with Crippen molar-refractivity contribution < 1.29 is 9.53 Å². The van der Waals surface area contributed by atoms with Gasteiger partial charge in [0.2, 0.25) is 5.91 Å². The van der Waals surface area contributed by atoms with Gasteiger partial charge >= 0.3 is 0 Å². The molecule has 0 fully saturated rings. The van der Waals surface area contributed by atoms with Gasteiger partial charge in [0.15, 0.2) is 0 Å². The number of hydrogen-bond acceptors (Lipinski definition) is 2. The standard InChI is InChI=1S/C23H23NO2/c1-3-26-21-16-14-20(15-17-21)24-22(25)23(2,18-10-6-4-7-11-18)19-12-8-5-9-13-19/h4-17H,3H2,1-2H3,(H,24,25). The van der Waals surface area contributed by atoms with Crippen LogP contribution in [0.3, 0.4) is 0 Å². The van der Waals surface area contributed by atoms with Gasteiger partial charge in [0.1, 0.15) is 5.75 Å². The molecule has 3 heteroatoms. The van der Waals surface area contributed by atoms with Crippen LogP contribution >= 0.6 is 0 Å². The predicted octanol–water partition coefficient (Wildman–Crippen LogP) is 5.03. The number of nitrogens with one attached hydrogen (secondary N) is 1. The van der Waals surface area contributed by atoms with Gasteiger partial charge in [-0.05, 0) is 49.2 Å². The second kappa shape index (κ2) is 7.87. The molecule has 3 aromatic carbocycles. The highest BCUT2D eigenvalue weighted by Gasteiger charge is 2.37. The molecule has 0 saturated carbocycles. The largest absolute Gasteiger partial charge is 0.494 e. The number of benzene rings is 3. The third-order valence-electron chi connectivity index (χ3n) is 4.58. The summed E-state index contributed by atoms with van der Waals surface area (Å²) < 4.78 is 5.46. The summed E-state index contributed by atoms with van der Waals surface area (Å²) in [6.45, 7) is 4.52. The molecule has 0 aromatic heterocycles. The lowest BCUT2D eigenvalue weighted by Gasteiger charge is -2.29. The second-order valence-electron chi connectivity index (χ2n) is 6.27. The van der Waals surface area contributed by atoms with E-state index in [-0.39, 0.29) is 5.91 Å². The van der Waals surface area contributed by atoms with Gasteiger partial charge in [0.25, 0.3) is 0 Å². The highest BCUT2D eigenvalue weighted by Crippen LogP contribution is 2.33. The maximum Gasteiger partial charge on any atom is 0.239 e. The fraction of sp³-hybridized carbons (Fsp3) is 0.174. The number of hydrogen-bond donors (Lipinski definition) is 1. The topological polar surface area (TPSA) is 38.3 Å². The molecule has 0 spiro atoms. The molecule has 0 saturated heterocycles.